The van der Waals surface area contributed by atoms with Gasteiger partial charge < -0.3 is 15.5 Å². The first-order chi connectivity index (χ1) is 8.19. The van der Waals surface area contributed by atoms with Crippen LogP contribution in [0.2, 0.25) is 0 Å². The van der Waals surface area contributed by atoms with Crippen molar-refractivity contribution in [3.63, 3.8) is 0 Å². The lowest BCUT2D eigenvalue weighted by Crippen LogP contribution is -2.52. The fourth-order valence-electron chi connectivity index (χ4n) is 1.99. The van der Waals surface area contributed by atoms with E-state index in [1.54, 1.807) is 4.90 Å². The van der Waals surface area contributed by atoms with Crippen LogP contribution >= 0.6 is 0 Å². The molecule has 1 unspecified atom stereocenters. The number of nitrogens with one attached hydrogen (secondary N) is 2. The van der Waals surface area contributed by atoms with Crippen molar-refractivity contribution in [2.24, 2.45) is 0 Å². The molecule has 0 aromatic rings. The molecule has 1 fully saturated rings. The zero-order valence-electron chi connectivity index (χ0n) is 10.8. The summed E-state index contributed by atoms with van der Waals surface area (Å²) >= 11 is 0. The van der Waals surface area contributed by atoms with Gasteiger partial charge in [0.25, 0.3) is 0 Å². The van der Waals surface area contributed by atoms with Gasteiger partial charge in [-0.05, 0) is 12.8 Å². The van der Waals surface area contributed by atoms with Crippen LogP contribution in [0.15, 0.2) is 0 Å². The molecule has 1 atom stereocenters. The van der Waals surface area contributed by atoms with Crippen molar-refractivity contribution >= 4 is 11.8 Å². The predicted octanol–water partition coefficient (Wildman–Crippen LogP) is 0.113. The molecule has 98 valence electrons. The van der Waals surface area contributed by atoms with Crippen molar-refractivity contribution in [2.45, 2.75) is 39.2 Å². The summed E-state index contributed by atoms with van der Waals surface area (Å²) in [5, 5.41) is 5.97. The topological polar surface area (TPSA) is 61.4 Å². The Bertz CT molecular complexity index is 262. The smallest absolute Gasteiger partial charge is 0.311 e. The van der Waals surface area contributed by atoms with Gasteiger partial charge >= 0.3 is 11.8 Å². The van der Waals surface area contributed by atoms with Crippen LogP contribution in [0.5, 0.6) is 0 Å². The summed E-state index contributed by atoms with van der Waals surface area (Å²) < 4.78 is 0. The molecule has 0 aromatic carbocycles. The minimum Gasteiger partial charge on any atom is -0.345 e. The van der Waals surface area contributed by atoms with E-state index in [-0.39, 0.29) is 11.9 Å². The van der Waals surface area contributed by atoms with Crippen LogP contribution in [0.25, 0.3) is 0 Å². The Kier molecular flexibility index (Phi) is 5.97. The van der Waals surface area contributed by atoms with Gasteiger partial charge in [-0.25, -0.2) is 0 Å². The molecule has 2 amide bonds. The third-order valence-corrected chi connectivity index (χ3v) is 3.06. The minimum atomic E-state index is -0.452. The van der Waals surface area contributed by atoms with Crippen LogP contribution in [0.1, 0.15) is 33.1 Å². The lowest BCUT2D eigenvalue weighted by atomic mass is 10.1. The molecule has 1 rings (SSSR count). The number of piperazine rings is 1. The second-order valence-electron chi connectivity index (χ2n) is 4.41. The minimum absolute atomic E-state index is 0.124. The third-order valence-electron chi connectivity index (χ3n) is 3.06. The highest BCUT2D eigenvalue weighted by Gasteiger charge is 2.24. The fraction of sp³-hybridized carbons (Fsp3) is 0.833. The van der Waals surface area contributed by atoms with Gasteiger partial charge in [0.1, 0.15) is 0 Å². The van der Waals surface area contributed by atoms with Crippen LogP contribution in [-0.2, 0) is 9.59 Å². The third kappa shape index (κ3) is 4.34. The Morgan fingerprint density at radius 3 is 2.47 bits per heavy atom. The van der Waals surface area contributed by atoms with E-state index in [0.717, 1.165) is 32.4 Å². The summed E-state index contributed by atoms with van der Waals surface area (Å²) in [7, 11) is 0. The first-order valence-corrected chi connectivity index (χ1v) is 6.49. The lowest BCUT2D eigenvalue weighted by molar-refractivity contribution is -0.146. The maximum Gasteiger partial charge on any atom is 0.311 e. The van der Waals surface area contributed by atoms with Crippen LogP contribution in [0, 0.1) is 0 Å². The molecule has 1 heterocycles. The quantitative estimate of drug-likeness (QED) is 0.687. The van der Waals surface area contributed by atoms with E-state index >= 15 is 0 Å². The molecule has 1 saturated heterocycles. The van der Waals surface area contributed by atoms with Gasteiger partial charge in [0.2, 0.25) is 0 Å². The van der Waals surface area contributed by atoms with E-state index in [9.17, 15) is 9.59 Å². The van der Waals surface area contributed by atoms with Gasteiger partial charge in [-0.2, -0.15) is 0 Å². The van der Waals surface area contributed by atoms with Crippen molar-refractivity contribution < 1.29 is 9.59 Å². The number of carbonyl (C=O) groups excluding carboxylic acids is 2. The van der Waals surface area contributed by atoms with Crippen LogP contribution < -0.4 is 10.6 Å². The Morgan fingerprint density at radius 2 is 1.94 bits per heavy atom. The molecule has 17 heavy (non-hydrogen) atoms. The van der Waals surface area contributed by atoms with Crippen molar-refractivity contribution in [2.75, 3.05) is 26.2 Å². The number of carbonyl (C=O) groups is 2. The number of hydrogen-bond acceptors (Lipinski definition) is 3. The second kappa shape index (κ2) is 7.27. The molecule has 0 spiro atoms. The van der Waals surface area contributed by atoms with Crippen LogP contribution in [0.4, 0.5) is 0 Å². The lowest BCUT2D eigenvalue weighted by Gasteiger charge is -2.27. The number of hydrogen-bond donors (Lipinski definition) is 2. The molecular formula is C12H23N3O2. The van der Waals surface area contributed by atoms with Crippen LogP contribution in [-0.4, -0.2) is 48.9 Å². The van der Waals surface area contributed by atoms with Gasteiger partial charge in [0, 0.05) is 32.2 Å². The molecule has 0 saturated carbocycles. The zero-order chi connectivity index (χ0) is 12.7. The average Bonchev–Trinajstić information content (AvgIpc) is 2.38. The van der Waals surface area contributed by atoms with Crippen molar-refractivity contribution in [1.82, 2.24) is 15.5 Å². The molecule has 0 aliphatic carbocycles. The summed E-state index contributed by atoms with van der Waals surface area (Å²) in [5.41, 5.74) is 0. The molecule has 2 N–H and O–H groups in total. The predicted molar refractivity (Wildman–Crippen MR) is 66.6 cm³/mol. The highest BCUT2D eigenvalue weighted by atomic mass is 16.2. The number of amides is 2. The molecule has 5 heteroatoms. The molecule has 5 nitrogen and oxygen atoms in total. The summed E-state index contributed by atoms with van der Waals surface area (Å²) in [6.45, 7) is 6.88. The highest BCUT2D eigenvalue weighted by molar-refractivity contribution is 6.35. The Balaban J connectivity index is 2.42. The Morgan fingerprint density at radius 1 is 1.29 bits per heavy atom. The maximum absolute atomic E-state index is 11.8. The van der Waals surface area contributed by atoms with E-state index in [1.807, 2.05) is 6.92 Å². The van der Waals surface area contributed by atoms with E-state index in [4.69, 9.17) is 0 Å². The van der Waals surface area contributed by atoms with Crippen LogP contribution in [0.3, 0.4) is 0 Å². The van der Waals surface area contributed by atoms with Gasteiger partial charge in [0.05, 0.1) is 0 Å². The first-order valence-electron chi connectivity index (χ1n) is 6.49. The molecule has 1 aliphatic heterocycles. The Hall–Kier alpha value is -1.10. The van der Waals surface area contributed by atoms with Crippen molar-refractivity contribution in [3.05, 3.63) is 0 Å². The molecule has 0 radical (unpaired) electrons. The summed E-state index contributed by atoms with van der Waals surface area (Å²) in [6.07, 6.45) is 2.81. The number of rotatable bonds is 4. The standard InChI is InChI=1S/C12H23N3O2/c1-3-5-10(4-2)14-11(16)12(17)15-8-6-13-7-9-15/h10,13H,3-9H2,1-2H3,(H,14,16). The first kappa shape index (κ1) is 14.0. The van der Waals surface area contributed by atoms with Crippen molar-refractivity contribution in [3.8, 4) is 0 Å². The summed E-state index contributed by atoms with van der Waals surface area (Å²) in [4.78, 5) is 25.2. The van der Waals surface area contributed by atoms with E-state index < -0.39 is 5.91 Å². The monoisotopic (exact) mass is 241 g/mol. The maximum atomic E-state index is 11.8. The molecule has 0 bridgehead atoms. The normalized spacial score (nSPS) is 17.6. The second-order valence-corrected chi connectivity index (χ2v) is 4.41. The Labute approximate surface area is 103 Å². The average molecular weight is 241 g/mol. The largest absolute Gasteiger partial charge is 0.345 e. The van der Waals surface area contributed by atoms with Gasteiger partial charge in [-0.15, -0.1) is 0 Å². The fourth-order valence-corrected chi connectivity index (χ4v) is 1.99. The number of nitrogens with zero attached hydrogens (tertiary/aromatic N) is 1. The molecule has 0 aromatic heterocycles. The molecular weight excluding hydrogens is 218 g/mol. The van der Waals surface area contributed by atoms with Gasteiger partial charge in [0.15, 0.2) is 0 Å². The SMILES string of the molecule is CCCC(CC)NC(=O)C(=O)N1CCNCC1. The van der Waals surface area contributed by atoms with Gasteiger partial charge in [-0.1, -0.05) is 20.3 Å². The van der Waals surface area contributed by atoms with Gasteiger partial charge in [-0.3, -0.25) is 9.59 Å². The van der Waals surface area contributed by atoms with E-state index in [2.05, 4.69) is 17.6 Å². The zero-order valence-corrected chi connectivity index (χ0v) is 10.8. The highest BCUT2D eigenvalue weighted by Crippen LogP contribution is 2.01. The van der Waals surface area contributed by atoms with Crippen molar-refractivity contribution in [1.29, 1.82) is 0 Å². The summed E-state index contributed by atoms with van der Waals surface area (Å²) in [6, 6.07) is 0.124. The van der Waals surface area contributed by atoms with E-state index in [0.29, 0.717) is 13.1 Å². The van der Waals surface area contributed by atoms with E-state index in [1.165, 1.54) is 0 Å². The summed E-state index contributed by atoms with van der Waals surface area (Å²) in [5.74, 6) is -0.840. The molecule has 1 aliphatic rings.